The molecule has 1 N–H and O–H groups in total. The van der Waals surface area contributed by atoms with Gasteiger partial charge in [0.1, 0.15) is 18.0 Å². The lowest BCUT2D eigenvalue weighted by Crippen LogP contribution is -2.54. The molecule has 8 heteroatoms. The van der Waals surface area contributed by atoms with Crippen molar-refractivity contribution in [1.29, 1.82) is 0 Å². The second-order valence-corrected chi connectivity index (χ2v) is 7.02. The Hall–Kier alpha value is -3.96. The van der Waals surface area contributed by atoms with Gasteiger partial charge in [0.25, 0.3) is 11.8 Å². The van der Waals surface area contributed by atoms with E-state index < -0.39 is 17.6 Å². The molecule has 1 aliphatic heterocycles. The molecule has 2 aromatic carbocycles. The van der Waals surface area contributed by atoms with Crippen LogP contribution < -0.4 is 19.7 Å². The van der Waals surface area contributed by atoms with Gasteiger partial charge in [-0.1, -0.05) is 12.0 Å². The fourth-order valence-electron chi connectivity index (χ4n) is 3.15. The molecule has 1 saturated heterocycles. The molecule has 1 aliphatic rings. The van der Waals surface area contributed by atoms with E-state index in [1.165, 1.54) is 37.5 Å². The highest BCUT2D eigenvalue weighted by atomic mass is 32.1. The van der Waals surface area contributed by atoms with Crippen LogP contribution >= 0.6 is 12.2 Å². The number of nitrogens with one attached hydrogen (secondary N) is 1. The maximum atomic E-state index is 13.3. The third-order valence-electron chi connectivity index (χ3n) is 4.54. The van der Waals surface area contributed by atoms with E-state index >= 15 is 0 Å². The predicted molar refractivity (Wildman–Crippen MR) is 124 cm³/mol. The third kappa shape index (κ3) is 4.68. The van der Waals surface area contributed by atoms with Gasteiger partial charge in [-0.2, -0.15) is 0 Å². The van der Waals surface area contributed by atoms with Gasteiger partial charge in [-0.3, -0.25) is 19.8 Å². The number of ether oxygens (including phenoxy) is 2. The maximum absolute atomic E-state index is 13.3. The van der Waals surface area contributed by atoms with Crippen LogP contribution in [-0.4, -0.2) is 30.6 Å². The third-order valence-corrected chi connectivity index (χ3v) is 4.82. The Morgan fingerprint density at radius 3 is 2.62 bits per heavy atom. The molecule has 0 aromatic heterocycles. The van der Waals surface area contributed by atoms with E-state index in [1.54, 1.807) is 18.2 Å². The van der Waals surface area contributed by atoms with Crippen molar-refractivity contribution in [2.75, 3.05) is 18.6 Å². The fraction of sp³-hybridized carbons (Fsp3) is 0.125. The zero-order valence-corrected chi connectivity index (χ0v) is 18.0. The van der Waals surface area contributed by atoms with Crippen LogP contribution in [0.15, 0.2) is 54.6 Å². The van der Waals surface area contributed by atoms with Gasteiger partial charge in [-0.15, -0.1) is 13.0 Å². The lowest BCUT2D eigenvalue weighted by atomic mass is 10.0. The average molecular weight is 450 g/mol. The summed E-state index contributed by atoms with van der Waals surface area (Å²) in [4.78, 5) is 26.8. The van der Waals surface area contributed by atoms with Gasteiger partial charge in [0.05, 0.1) is 12.8 Å². The van der Waals surface area contributed by atoms with E-state index in [4.69, 9.17) is 28.1 Å². The second kappa shape index (κ2) is 9.90. The smallest absolute Gasteiger partial charge is 0.270 e. The number of rotatable bonds is 7. The number of allylic oxidation sites excluding steroid dienone is 1. The first-order chi connectivity index (χ1) is 15.4. The number of terminal acetylenes is 1. The van der Waals surface area contributed by atoms with Crippen molar-refractivity contribution in [3.05, 3.63) is 71.6 Å². The number of thiocarbonyl (C=S) groups is 1. The number of hydrogen-bond donors (Lipinski definition) is 1. The minimum Gasteiger partial charge on any atom is -0.493 e. The van der Waals surface area contributed by atoms with Gasteiger partial charge in [-0.25, -0.2) is 4.39 Å². The molecular weight excluding hydrogens is 431 g/mol. The summed E-state index contributed by atoms with van der Waals surface area (Å²) < 4.78 is 24.3. The lowest BCUT2D eigenvalue weighted by Gasteiger charge is -2.29. The number of carbonyl (C=O) groups excluding carboxylic acids is 2. The fourth-order valence-corrected chi connectivity index (χ4v) is 3.43. The molecule has 0 atom stereocenters. The summed E-state index contributed by atoms with van der Waals surface area (Å²) in [5, 5.41) is 2.40. The minimum absolute atomic E-state index is 0.0475. The Kier molecular flexibility index (Phi) is 7.03. The Labute approximate surface area is 190 Å². The first kappa shape index (κ1) is 22.7. The molecule has 0 spiro atoms. The molecule has 0 radical (unpaired) electrons. The molecule has 0 aliphatic carbocycles. The molecule has 2 aromatic rings. The Morgan fingerprint density at radius 1 is 1.28 bits per heavy atom. The van der Waals surface area contributed by atoms with Crippen molar-refractivity contribution in [1.82, 2.24) is 5.32 Å². The van der Waals surface area contributed by atoms with Crippen molar-refractivity contribution in [2.45, 2.75) is 6.42 Å². The molecule has 1 fully saturated rings. The van der Waals surface area contributed by atoms with Gasteiger partial charge in [0, 0.05) is 5.56 Å². The molecular formula is C24H19FN2O4S. The molecule has 162 valence electrons. The summed E-state index contributed by atoms with van der Waals surface area (Å²) in [6.07, 6.45) is 8.85. The number of anilines is 1. The number of hydrogen-bond acceptors (Lipinski definition) is 5. The SMILES string of the molecule is C#CCOc1c(CC=C)cc(C=C2C(=O)NC(=S)N(c3ccc(F)cc3)C2=O)cc1OC. The zero-order chi connectivity index (χ0) is 23.3. The van der Waals surface area contributed by atoms with Crippen molar-refractivity contribution < 1.29 is 23.5 Å². The van der Waals surface area contributed by atoms with Gasteiger partial charge in [-0.05, 0) is 66.7 Å². The second-order valence-electron chi connectivity index (χ2n) is 6.63. The van der Waals surface area contributed by atoms with E-state index in [0.29, 0.717) is 29.2 Å². The van der Waals surface area contributed by atoms with Crippen molar-refractivity contribution in [3.63, 3.8) is 0 Å². The van der Waals surface area contributed by atoms with Gasteiger partial charge in [0.2, 0.25) is 0 Å². The van der Waals surface area contributed by atoms with Crippen LogP contribution in [0.25, 0.3) is 6.08 Å². The normalized spacial score (nSPS) is 14.7. The molecule has 0 saturated carbocycles. The van der Waals surface area contributed by atoms with E-state index in [9.17, 15) is 14.0 Å². The number of benzene rings is 2. The van der Waals surface area contributed by atoms with Crippen LogP contribution in [0.1, 0.15) is 11.1 Å². The van der Waals surface area contributed by atoms with Crippen molar-refractivity contribution >= 4 is 40.9 Å². The van der Waals surface area contributed by atoms with Gasteiger partial charge in [0.15, 0.2) is 16.6 Å². The van der Waals surface area contributed by atoms with Crippen LogP contribution in [0.5, 0.6) is 11.5 Å². The number of amides is 2. The van der Waals surface area contributed by atoms with E-state index in [0.717, 1.165) is 10.5 Å². The summed E-state index contributed by atoms with van der Waals surface area (Å²) in [7, 11) is 1.47. The summed E-state index contributed by atoms with van der Waals surface area (Å²) in [6.45, 7) is 3.79. The summed E-state index contributed by atoms with van der Waals surface area (Å²) >= 11 is 5.15. The summed E-state index contributed by atoms with van der Waals surface area (Å²) in [5.41, 5.74) is 1.43. The molecule has 1 heterocycles. The van der Waals surface area contributed by atoms with Crippen molar-refractivity contribution in [3.8, 4) is 23.8 Å². The largest absolute Gasteiger partial charge is 0.493 e. The molecule has 6 nitrogen and oxygen atoms in total. The lowest BCUT2D eigenvalue weighted by molar-refractivity contribution is -0.122. The molecule has 2 amide bonds. The monoisotopic (exact) mass is 450 g/mol. The average Bonchev–Trinajstić information content (AvgIpc) is 2.77. The summed E-state index contributed by atoms with van der Waals surface area (Å²) in [5.74, 6) is 1.51. The van der Waals surface area contributed by atoms with Crippen LogP contribution in [0, 0.1) is 18.2 Å². The summed E-state index contributed by atoms with van der Waals surface area (Å²) in [6, 6.07) is 8.58. The quantitative estimate of drug-likeness (QED) is 0.230. The van der Waals surface area contributed by atoms with E-state index in [-0.39, 0.29) is 17.3 Å². The van der Waals surface area contributed by atoms with Crippen LogP contribution in [0.4, 0.5) is 10.1 Å². The number of nitrogens with zero attached hydrogens (tertiary/aromatic N) is 1. The molecule has 3 rings (SSSR count). The number of carbonyl (C=O) groups is 2. The number of methoxy groups -OCH3 is 1. The molecule has 32 heavy (non-hydrogen) atoms. The zero-order valence-electron chi connectivity index (χ0n) is 17.2. The van der Waals surface area contributed by atoms with Crippen molar-refractivity contribution in [2.24, 2.45) is 0 Å². The van der Waals surface area contributed by atoms with Gasteiger partial charge < -0.3 is 9.47 Å². The Bertz CT molecular complexity index is 1170. The van der Waals surface area contributed by atoms with Crippen LogP contribution in [0.3, 0.4) is 0 Å². The predicted octanol–water partition coefficient (Wildman–Crippen LogP) is 3.41. The molecule has 0 unspecified atom stereocenters. The molecule has 0 bridgehead atoms. The minimum atomic E-state index is -0.643. The van der Waals surface area contributed by atoms with E-state index in [2.05, 4.69) is 17.8 Å². The highest BCUT2D eigenvalue weighted by Crippen LogP contribution is 2.34. The Morgan fingerprint density at radius 2 is 2.00 bits per heavy atom. The van der Waals surface area contributed by atoms with Crippen LogP contribution in [-0.2, 0) is 16.0 Å². The first-order valence-electron chi connectivity index (χ1n) is 9.44. The topological polar surface area (TPSA) is 67.9 Å². The number of halogens is 1. The standard InChI is InChI=1S/C24H19FN2O4S/c1-4-6-16-12-15(14-20(30-3)21(16)31-11-5-2)13-19-22(28)26-24(32)27(23(19)29)18-9-7-17(25)8-10-18/h2,4,7-10,12-14H,1,6,11H2,3H3,(H,26,28,32). The van der Waals surface area contributed by atoms with Crippen LogP contribution in [0.2, 0.25) is 0 Å². The maximum Gasteiger partial charge on any atom is 0.270 e. The Balaban J connectivity index is 2.06. The highest BCUT2D eigenvalue weighted by Gasteiger charge is 2.34. The van der Waals surface area contributed by atoms with Gasteiger partial charge >= 0.3 is 0 Å². The highest BCUT2D eigenvalue weighted by molar-refractivity contribution is 7.80. The van der Waals surface area contributed by atoms with E-state index in [1.807, 2.05) is 0 Å². The first-order valence-corrected chi connectivity index (χ1v) is 9.85.